The molecule has 1 saturated heterocycles. The fourth-order valence-electron chi connectivity index (χ4n) is 3.06. The van der Waals surface area contributed by atoms with Crippen LogP contribution in [0.15, 0.2) is 42.5 Å². The Balaban J connectivity index is 1.72. The average molecular weight is 353 g/mol. The fraction of sp³-hybridized carbons (Fsp3) is 0.263. The quantitative estimate of drug-likeness (QED) is 0.675. The number of hydrogen-bond acceptors (Lipinski definition) is 4. The molecule has 1 fully saturated rings. The molecule has 7 nitrogen and oxygen atoms in total. The van der Waals surface area contributed by atoms with Crippen molar-refractivity contribution in [3.05, 3.63) is 63.7 Å². The van der Waals surface area contributed by atoms with Gasteiger partial charge in [0.1, 0.15) is 0 Å². The van der Waals surface area contributed by atoms with Crippen LogP contribution in [-0.4, -0.2) is 23.3 Å². The van der Waals surface area contributed by atoms with Crippen LogP contribution in [0.3, 0.4) is 0 Å². The van der Waals surface area contributed by atoms with E-state index in [-0.39, 0.29) is 23.9 Å². The molecule has 1 heterocycles. The first-order chi connectivity index (χ1) is 12.3. The second-order valence-electron chi connectivity index (χ2n) is 6.49. The summed E-state index contributed by atoms with van der Waals surface area (Å²) in [4.78, 5) is 37.0. The van der Waals surface area contributed by atoms with Crippen LogP contribution in [-0.2, 0) is 9.59 Å². The normalized spacial score (nSPS) is 16.6. The van der Waals surface area contributed by atoms with Gasteiger partial charge in [-0.2, -0.15) is 0 Å². The number of carbonyl (C=O) groups is 2. The van der Waals surface area contributed by atoms with Gasteiger partial charge in [-0.15, -0.1) is 0 Å². The van der Waals surface area contributed by atoms with Gasteiger partial charge in [0.15, 0.2) is 0 Å². The van der Waals surface area contributed by atoms with Gasteiger partial charge in [-0.05, 0) is 37.6 Å². The number of benzene rings is 2. The smallest absolute Gasteiger partial charge is 0.274 e. The molecule has 2 aromatic rings. The number of rotatable bonds is 4. The van der Waals surface area contributed by atoms with E-state index in [1.165, 1.54) is 6.07 Å². The molecule has 2 aromatic carbocycles. The van der Waals surface area contributed by atoms with Crippen molar-refractivity contribution in [1.29, 1.82) is 0 Å². The number of carbonyl (C=O) groups excluding carboxylic acids is 2. The van der Waals surface area contributed by atoms with Crippen LogP contribution < -0.4 is 10.2 Å². The molecule has 1 aliphatic heterocycles. The van der Waals surface area contributed by atoms with Crippen molar-refractivity contribution >= 4 is 28.9 Å². The van der Waals surface area contributed by atoms with Crippen molar-refractivity contribution < 1.29 is 14.5 Å². The van der Waals surface area contributed by atoms with Crippen molar-refractivity contribution in [3.63, 3.8) is 0 Å². The lowest BCUT2D eigenvalue weighted by molar-refractivity contribution is -0.385. The monoisotopic (exact) mass is 353 g/mol. The third-order valence-corrected chi connectivity index (χ3v) is 4.48. The Morgan fingerprint density at radius 1 is 1.23 bits per heavy atom. The summed E-state index contributed by atoms with van der Waals surface area (Å²) in [6, 6.07) is 12.1. The number of amides is 2. The summed E-state index contributed by atoms with van der Waals surface area (Å²) in [6.45, 7) is 3.87. The first-order valence-electron chi connectivity index (χ1n) is 8.28. The van der Waals surface area contributed by atoms with E-state index in [1.54, 1.807) is 24.0 Å². The molecular weight excluding hydrogens is 334 g/mol. The molecule has 134 valence electrons. The zero-order valence-corrected chi connectivity index (χ0v) is 14.6. The molecule has 2 amide bonds. The zero-order chi connectivity index (χ0) is 18.8. The van der Waals surface area contributed by atoms with Crippen molar-refractivity contribution in [2.45, 2.75) is 20.3 Å². The summed E-state index contributed by atoms with van der Waals surface area (Å²) in [5.74, 6) is -0.916. The minimum absolute atomic E-state index is 0.0494. The average Bonchev–Trinajstić information content (AvgIpc) is 2.98. The maximum atomic E-state index is 12.5. The highest BCUT2D eigenvalue weighted by atomic mass is 16.6. The molecule has 0 bridgehead atoms. The number of nitrogens with zero attached hydrogens (tertiary/aromatic N) is 2. The zero-order valence-electron chi connectivity index (χ0n) is 14.6. The van der Waals surface area contributed by atoms with Crippen LogP contribution in [0.2, 0.25) is 0 Å². The van der Waals surface area contributed by atoms with Crippen LogP contribution in [0.25, 0.3) is 0 Å². The predicted molar refractivity (Wildman–Crippen MR) is 98.1 cm³/mol. The third kappa shape index (κ3) is 3.56. The Bertz CT molecular complexity index is 894. The van der Waals surface area contributed by atoms with Gasteiger partial charge < -0.3 is 10.2 Å². The van der Waals surface area contributed by atoms with Gasteiger partial charge in [-0.1, -0.05) is 18.2 Å². The van der Waals surface area contributed by atoms with E-state index in [2.05, 4.69) is 5.32 Å². The Labute approximate surface area is 150 Å². The van der Waals surface area contributed by atoms with Crippen LogP contribution in [0.5, 0.6) is 0 Å². The number of hydrogen-bond donors (Lipinski definition) is 1. The summed E-state index contributed by atoms with van der Waals surface area (Å²) in [6.07, 6.45) is 0.119. The van der Waals surface area contributed by atoms with Gasteiger partial charge >= 0.3 is 0 Å². The molecule has 0 aliphatic carbocycles. The molecule has 1 aliphatic rings. The van der Waals surface area contributed by atoms with Gasteiger partial charge in [-0.3, -0.25) is 19.7 Å². The first-order valence-corrected chi connectivity index (χ1v) is 8.28. The third-order valence-electron chi connectivity index (χ3n) is 4.48. The number of nitro benzene ring substituents is 1. The minimum Gasteiger partial charge on any atom is -0.326 e. The number of anilines is 2. The molecule has 0 unspecified atom stereocenters. The van der Waals surface area contributed by atoms with Crippen molar-refractivity contribution in [2.75, 3.05) is 16.8 Å². The van der Waals surface area contributed by atoms with Crippen molar-refractivity contribution in [3.8, 4) is 0 Å². The van der Waals surface area contributed by atoms with E-state index in [0.717, 1.165) is 11.3 Å². The molecule has 0 spiro atoms. The number of aryl methyl sites for hydroxylation is 2. The standard InChI is InChI=1S/C19H19N3O4/c1-12-4-3-5-16(8-12)21-11-14(9-18(21)23)19(24)20-15-7-6-13(2)17(10-15)22(25)26/h3-8,10,14H,9,11H2,1-2H3,(H,20,24)/t14-/m0/s1. The maximum absolute atomic E-state index is 12.5. The van der Waals surface area contributed by atoms with Crippen LogP contribution in [0.4, 0.5) is 17.1 Å². The Morgan fingerprint density at radius 3 is 2.69 bits per heavy atom. The SMILES string of the molecule is Cc1cccc(N2C[C@@H](C(=O)Nc3ccc(C)c([N+](=O)[O-])c3)CC2=O)c1. The van der Waals surface area contributed by atoms with E-state index in [1.807, 2.05) is 31.2 Å². The molecule has 1 N–H and O–H groups in total. The Kier molecular flexibility index (Phi) is 4.71. The van der Waals surface area contributed by atoms with E-state index in [4.69, 9.17) is 0 Å². The molecule has 1 atom stereocenters. The Hall–Kier alpha value is -3.22. The topological polar surface area (TPSA) is 92.6 Å². The van der Waals surface area contributed by atoms with E-state index in [9.17, 15) is 19.7 Å². The summed E-state index contributed by atoms with van der Waals surface area (Å²) >= 11 is 0. The summed E-state index contributed by atoms with van der Waals surface area (Å²) < 4.78 is 0. The summed E-state index contributed by atoms with van der Waals surface area (Å²) in [7, 11) is 0. The number of nitro groups is 1. The van der Waals surface area contributed by atoms with Crippen LogP contribution >= 0.6 is 0 Å². The summed E-state index contributed by atoms with van der Waals surface area (Å²) in [5.41, 5.74) is 2.64. The van der Waals surface area contributed by atoms with E-state index in [0.29, 0.717) is 17.8 Å². The van der Waals surface area contributed by atoms with Gasteiger partial charge in [0.2, 0.25) is 11.8 Å². The van der Waals surface area contributed by atoms with Gasteiger partial charge in [0.05, 0.1) is 10.8 Å². The minimum atomic E-state index is -0.497. The molecule has 7 heteroatoms. The second kappa shape index (κ2) is 6.95. The fourth-order valence-corrected chi connectivity index (χ4v) is 3.06. The largest absolute Gasteiger partial charge is 0.326 e. The second-order valence-corrected chi connectivity index (χ2v) is 6.49. The van der Waals surface area contributed by atoms with Gasteiger partial charge in [0.25, 0.3) is 5.69 Å². The molecule has 0 aromatic heterocycles. The van der Waals surface area contributed by atoms with Gasteiger partial charge in [0, 0.05) is 36.0 Å². The molecular formula is C19H19N3O4. The lowest BCUT2D eigenvalue weighted by Crippen LogP contribution is -2.28. The Morgan fingerprint density at radius 2 is 2.00 bits per heavy atom. The first kappa shape index (κ1) is 17.6. The predicted octanol–water partition coefficient (Wildman–Crippen LogP) is 3.20. The van der Waals surface area contributed by atoms with Crippen molar-refractivity contribution in [2.24, 2.45) is 5.92 Å². The number of nitrogens with one attached hydrogen (secondary N) is 1. The molecule has 26 heavy (non-hydrogen) atoms. The summed E-state index contributed by atoms with van der Waals surface area (Å²) in [5, 5.41) is 13.7. The van der Waals surface area contributed by atoms with Crippen LogP contribution in [0, 0.1) is 29.9 Å². The highest BCUT2D eigenvalue weighted by Crippen LogP contribution is 2.28. The lowest BCUT2D eigenvalue weighted by Gasteiger charge is -2.17. The van der Waals surface area contributed by atoms with Crippen LogP contribution in [0.1, 0.15) is 17.5 Å². The van der Waals surface area contributed by atoms with Crippen molar-refractivity contribution in [1.82, 2.24) is 0 Å². The molecule has 3 rings (SSSR count). The lowest BCUT2D eigenvalue weighted by atomic mass is 10.1. The highest BCUT2D eigenvalue weighted by molar-refractivity contribution is 6.03. The van der Waals surface area contributed by atoms with E-state index >= 15 is 0 Å². The molecule has 0 radical (unpaired) electrons. The van der Waals surface area contributed by atoms with E-state index < -0.39 is 10.8 Å². The maximum Gasteiger partial charge on any atom is 0.274 e. The highest BCUT2D eigenvalue weighted by Gasteiger charge is 2.35. The molecule has 0 saturated carbocycles. The van der Waals surface area contributed by atoms with Gasteiger partial charge in [-0.25, -0.2) is 0 Å².